The second-order valence-electron chi connectivity index (χ2n) is 5.48. The molecule has 0 unspecified atom stereocenters. The zero-order chi connectivity index (χ0) is 18.5. The molecule has 4 nitrogen and oxygen atoms in total. The van der Waals surface area contributed by atoms with Crippen molar-refractivity contribution in [2.75, 3.05) is 32.2 Å². The minimum atomic E-state index is -4.30. The van der Waals surface area contributed by atoms with Crippen molar-refractivity contribution in [3.8, 4) is 0 Å². The van der Waals surface area contributed by atoms with Crippen LogP contribution in [-0.2, 0) is 17.9 Å². The highest BCUT2D eigenvalue weighted by Gasteiger charge is 2.27. The van der Waals surface area contributed by atoms with Gasteiger partial charge in [-0.05, 0) is 36.0 Å². The number of hydrogen-bond donors (Lipinski definition) is 2. The summed E-state index contributed by atoms with van der Waals surface area (Å²) in [6, 6.07) is 7.29. The van der Waals surface area contributed by atoms with Crippen LogP contribution in [0.5, 0.6) is 0 Å². The van der Waals surface area contributed by atoms with Gasteiger partial charge in [0.15, 0.2) is 5.96 Å². The van der Waals surface area contributed by atoms with Crippen LogP contribution < -0.4 is 10.6 Å². The number of rotatable bonds is 10. The van der Waals surface area contributed by atoms with Gasteiger partial charge in [-0.1, -0.05) is 24.3 Å². The van der Waals surface area contributed by atoms with Crippen LogP contribution in [0.25, 0.3) is 0 Å². The summed E-state index contributed by atoms with van der Waals surface area (Å²) in [7, 11) is 1.71. The predicted molar refractivity (Wildman–Crippen MR) is 98.0 cm³/mol. The average molecular weight is 377 g/mol. The van der Waals surface area contributed by atoms with Crippen LogP contribution in [0, 0.1) is 0 Å². The van der Waals surface area contributed by atoms with Gasteiger partial charge in [0.25, 0.3) is 0 Å². The fourth-order valence-electron chi connectivity index (χ4n) is 2.10. The van der Waals surface area contributed by atoms with Gasteiger partial charge >= 0.3 is 6.18 Å². The maximum atomic E-state index is 12.1. The molecule has 0 fully saturated rings. The molecule has 0 saturated heterocycles. The van der Waals surface area contributed by atoms with E-state index in [1.807, 2.05) is 30.0 Å². The highest BCUT2D eigenvalue weighted by atomic mass is 32.2. The van der Waals surface area contributed by atoms with Crippen LogP contribution >= 0.6 is 11.8 Å². The number of aliphatic imine (C=N–C) groups is 1. The molecule has 0 aliphatic rings. The molecule has 0 heterocycles. The van der Waals surface area contributed by atoms with Gasteiger partial charge in [0.1, 0.15) is 6.61 Å². The third kappa shape index (κ3) is 10.9. The lowest BCUT2D eigenvalue weighted by Gasteiger charge is -2.13. The number of halogens is 3. The second kappa shape index (κ2) is 12.0. The number of guanidine groups is 1. The van der Waals surface area contributed by atoms with E-state index in [0.717, 1.165) is 30.7 Å². The van der Waals surface area contributed by atoms with E-state index in [0.29, 0.717) is 18.1 Å². The van der Waals surface area contributed by atoms with E-state index >= 15 is 0 Å². The monoisotopic (exact) mass is 377 g/mol. The molecule has 0 amide bonds. The van der Waals surface area contributed by atoms with Crippen molar-refractivity contribution in [2.45, 2.75) is 32.2 Å². The minimum absolute atomic E-state index is 0.0598. The highest BCUT2D eigenvalue weighted by Crippen LogP contribution is 2.16. The lowest BCUT2D eigenvalue weighted by molar-refractivity contribution is -0.176. The lowest BCUT2D eigenvalue weighted by atomic mass is 10.1. The van der Waals surface area contributed by atoms with Crippen LogP contribution in [0.1, 0.15) is 24.0 Å². The highest BCUT2D eigenvalue weighted by molar-refractivity contribution is 7.98. The number of hydrogen-bond acceptors (Lipinski definition) is 3. The van der Waals surface area contributed by atoms with Crippen molar-refractivity contribution in [2.24, 2.45) is 4.99 Å². The quantitative estimate of drug-likeness (QED) is 0.372. The second-order valence-corrected chi connectivity index (χ2v) is 6.47. The lowest BCUT2D eigenvalue weighted by Crippen LogP contribution is -2.37. The Balaban J connectivity index is 2.36. The molecule has 1 aromatic rings. The molecule has 0 aliphatic carbocycles. The van der Waals surface area contributed by atoms with Gasteiger partial charge < -0.3 is 15.4 Å². The summed E-state index contributed by atoms with van der Waals surface area (Å²) in [6.07, 6.45) is 0.0298. The van der Waals surface area contributed by atoms with Crippen LogP contribution in [0.15, 0.2) is 29.3 Å². The normalized spacial score (nSPS) is 12.3. The third-order valence-electron chi connectivity index (χ3n) is 3.28. The molecule has 8 heteroatoms. The van der Waals surface area contributed by atoms with Crippen molar-refractivity contribution in [3.63, 3.8) is 0 Å². The third-order valence-corrected chi connectivity index (χ3v) is 3.97. The Morgan fingerprint density at radius 2 is 1.96 bits per heavy atom. The minimum Gasteiger partial charge on any atom is -0.367 e. The summed E-state index contributed by atoms with van der Waals surface area (Å²) < 4.78 is 41.0. The summed E-state index contributed by atoms with van der Waals surface area (Å²) >= 11 is 1.84. The van der Waals surface area contributed by atoms with E-state index in [1.165, 1.54) is 0 Å². The van der Waals surface area contributed by atoms with Gasteiger partial charge in [-0.15, -0.1) is 0 Å². The molecule has 0 radical (unpaired) electrons. The van der Waals surface area contributed by atoms with E-state index in [2.05, 4.69) is 26.6 Å². The molecule has 0 aromatic heterocycles. The van der Waals surface area contributed by atoms with E-state index in [9.17, 15) is 13.2 Å². The summed E-state index contributed by atoms with van der Waals surface area (Å²) in [5, 5.41) is 6.44. The molecular weight excluding hydrogens is 351 g/mol. The fraction of sp³-hybridized carbons (Fsp3) is 0.588. The van der Waals surface area contributed by atoms with Gasteiger partial charge in [-0.2, -0.15) is 24.9 Å². The Kier molecular flexibility index (Phi) is 10.4. The molecule has 0 saturated carbocycles. The maximum Gasteiger partial charge on any atom is 0.411 e. The Hall–Kier alpha value is -1.41. The number of nitrogens with one attached hydrogen (secondary N) is 2. The zero-order valence-corrected chi connectivity index (χ0v) is 15.5. The van der Waals surface area contributed by atoms with Gasteiger partial charge in [-0.3, -0.25) is 4.99 Å². The Bertz CT molecular complexity index is 524. The van der Waals surface area contributed by atoms with Crippen molar-refractivity contribution in [1.82, 2.24) is 10.6 Å². The van der Waals surface area contributed by atoms with E-state index in [4.69, 9.17) is 0 Å². The van der Waals surface area contributed by atoms with Crippen LogP contribution in [-0.4, -0.2) is 44.3 Å². The number of nitrogens with zero attached hydrogens (tertiary/aromatic N) is 1. The van der Waals surface area contributed by atoms with Crippen molar-refractivity contribution in [3.05, 3.63) is 35.4 Å². The predicted octanol–water partition coefficient (Wildman–Crippen LogP) is 3.57. The number of alkyl halides is 3. The number of ether oxygens (including phenoxy) is 1. The summed E-state index contributed by atoms with van der Waals surface area (Å²) in [5.74, 6) is 1.86. The van der Waals surface area contributed by atoms with Gasteiger partial charge in [0.2, 0.25) is 0 Å². The smallest absolute Gasteiger partial charge is 0.367 e. The first-order valence-corrected chi connectivity index (χ1v) is 9.50. The fourth-order valence-corrected chi connectivity index (χ4v) is 2.59. The summed E-state index contributed by atoms with van der Waals surface area (Å²) in [5.41, 5.74) is 1.67. The molecular formula is C17H26F3N3OS. The summed E-state index contributed by atoms with van der Waals surface area (Å²) in [6.45, 7) is 0.0987. The number of unbranched alkanes of at least 4 members (excludes halogenated alkanes) is 1. The van der Waals surface area contributed by atoms with E-state index in [-0.39, 0.29) is 6.61 Å². The number of benzene rings is 1. The average Bonchev–Trinajstić information content (AvgIpc) is 2.56. The van der Waals surface area contributed by atoms with E-state index in [1.54, 1.807) is 13.1 Å². The molecule has 142 valence electrons. The first kappa shape index (κ1) is 21.6. The summed E-state index contributed by atoms with van der Waals surface area (Å²) in [4.78, 5) is 4.16. The molecule has 1 rings (SSSR count). The van der Waals surface area contributed by atoms with E-state index < -0.39 is 12.8 Å². The van der Waals surface area contributed by atoms with Gasteiger partial charge in [0, 0.05) is 20.1 Å². The first-order valence-electron chi connectivity index (χ1n) is 8.10. The number of thioether (sulfide) groups is 1. The first-order chi connectivity index (χ1) is 11.9. The Morgan fingerprint density at radius 1 is 1.20 bits per heavy atom. The van der Waals surface area contributed by atoms with Crippen LogP contribution in [0.3, 0.4) is 0 Å². The van der Waals surface area contributed by atoms with Gasteiger partial charge in [0.05, 0.1) is 6.61 Å². The standard InChI is InChI=1S/C17H26F3N3OS/c1-21-16(22-8-3-4-9-25-2)23-11-14-6-5-7-15(10-14)12-24-13-17(18,19)20/h5-7,10H,3-4,8-9,11-13H2,1-2H3,(H2,21,22,23). The molecule has 0 aliphatic heterocycles. The SMILES string of the molecule is CN=C(NCCCCSC)NCc1cccc(COCC(F)(F)F)c1. The van der Waals surface area contributed by atoms with Crippen molar-refractivity contribution < 1.29 is 17.9 Å². The largest absolute Gasteiger partial charge is 0.411 e. The zero-order valence-electron chi connectivity index (χ0n) is 14.7. The molecule has 0 atom stereocenters. The molecule has 25 heavy (non-hydrogen) atoms. The van der Waals surface area contributed by atoms with Crippen LogP contribution in [0.2, 0.25) is 0 Å². The molecule has 2 N–H and O–H groups in total. The Morgan fingerprint density at radius 3 is 2.64 bits per heavy atom. The van der Waals surface area contributed by atoms with Crippen molar-refractivity contribution >= 4 is 17.7 Å². The van der Waals surface area contributed by atoms with Crippen LogP contribution in [0.4, 0.5) is 13.2 Å². The molecule has 1 aromatic carbocycles. The van der Waals surface area contributed by atoms with Crippen molar-refractivity contribution in [1.29, 1.82) is 0 Å². The topological polar surface area (TPSA) is 45.7 Å². The maximum absolute atomic E-state index is 12.1. The Labute approximate surface area is 151 Å². The molecule has 0 bridgehead atoms. The molecule has 0 spiro atoms. The van der Waals surface area contributed by atoms with Gasteiger partial charge in [-0.25, -0.2) is 0 Å².